The molecule has 2 aliphatic heterocycles. The second-order valence-corrected chi connectivity index (χ2v) is 23.2. The largest absolute Gasteiger partial charge is 4.00 e. The number of nitrogens with zero attached hydrogens (tertiary/aromatic N) is 5. The predicted molar refractivity (Wildman–Crippen MR) is 321 cm³/mol. The van der Waals surface area contributed by atoms with Gasteiger partial charge in [0.25, 0.3) is 0 Å². The van der Waals surface area contributed by atoms with E-state index in [4.69, 9.17) is 10.6 Å². The maximum atomic E-state index is 5.33. The Labute approximate surface area is 480 Å². The van der Waals surface area contributed by atoms with Gasteiger partial charge in [-0.3, -0.25) is 0 Å². The van der Waals surface area contributed by atoms with Gasteiger partial charge in [0.2, 0.25) is 0 Å². The Kier molecular flexibility index (Phi) is 16.4. The van der Waals surface area contributed by atoms with Gasteiger partial charge in [0.1, 0.15) is 0 Å². The minimum atomic E-state index is -0.239. The van der Waals surface area contributed by atoms with Crippen molar-refractivity contribution in [3.05, 3.63) is 233 Å². The second-order valence-electron chi connectivity index (χ2n) is 23.2. The summed E-state index contributed by atoms with van der Waals surface area (Å²) in [6.07, 6.45) is 33.7. The van der Waals surface area contributed by atoms with Gasteiger partial charge < -0.3 is 25.3 Å². The van der Waals surface area contributed by atoms with Crippen molar-refractivity contribution >= 4 is 28.4 Å². The first-order valence-corrected chi connectivity index (χ1v) is 29.9. The maximum Gasteiger partial charge on any atom is 4.00 e. The molecule has 398 valence electrons. The standard InChI is InChI=1S/C72H75N5.Pt/c1-8-24-52(25-9-1)60-48-65(54-28-12-3-13-29-54)69(66(49-60)55-30-14-4-15-31-55)75-44-42-73-71(75)58-36-22-40-63(46-58)77(62-38-20-7-21-39-62)64-41-23-37-59(47-64)72-74-43-45-76(72)70-67(56-32-16-5-17-33-56)50-61(53-26-10-2-11-27-53)51-68(70)57-34-18-6-19-35-57;/h1-2,7-11,20-27,36-45,48-51,54-57,71-72H,3-6,12-19,28-35H2;/q-4;+4. The fraction of sp³-hybridized carbons (Fsp3) is 0.361. The van der Waals surface area contributed by atoms with Crippen molar-refractivity contribution in [3.63, 3.8) is 0 Å². The van der Waals surface area contributed by atoms with Crippen LogP contribution in [0.15, 0.2) is 176 Å². The van der Waals surface area contributed by atoms with Crippen molar-refractivity contribution in [3.8, 4) is 22.3 Å². The van der Waals surface area contributed by atoms with Crippen LogP contribution < -0.4 is 14.7 Å². The molecule has 0 amide bonds. The van der Waals surface area contributed by atoms with Crippen LogP contribution in [0.1, 0.15) is 198 Å². The minimum Gasteiger partial charge on any atom is -0.668 e. The van der Waals surface area contributed by atoms with E-state index in [1.807, 2.05) is 0 Å². The number of hydrogen-bond donors (Lipinski definition) is 0. The summed E-state index contributed by atoms with van der Waals surface area (Å²) in [7, 11) is 0. The van der Waals surface area contributed by atoms with Crippen LogP contribution in [-0.4, -0.2) is 0 Å². The molecule has 0 saturated heterocycles. The fourth-order valence-electron chi connectivity index (χ4n) is 14.5. The van der Waals surface area contributed by atoms with E-state index < -0.39 is 0 Å². The Morgan fingerprint density at radius 3 is 1.04 bits per heavy atom. The molecule has 7 aromatic rings. The first-order chi connectivity index (χ1) is 38.2. The molecule has 4 aliphatic carbocycles. The van der Waals surface area contributed by atoms with Crippen molar-refractivity contribution in [1.82, 2.24) is 0 Å². The summed E-state index contributed by atoms with van der Waals surface area (Å²) in [6.45, 7) is 0. The van der Waals surface area contributed by atoms with Crippen LogP contribution in [-0.2, 0) is 21.1 Å². The Bertz CT molecular complexity index is 2890. The van der Waals surface area contributed by atoms with Crippen LogP contribution in [0.3, 0.4) is 0 Å². The van der Waals surface area contributed by atoms with Gasteiger partial charge in [-0.05, 0) is 181 Å². The van der Waals surface area contributed by atoms with Crippen LogP contribution in [0.25, 0.3) is 32.9 Å². The van der Waals surface area contributed by atoms with Gasteiger partial charge in [-0.15, -0.1) is 12.1 Å². The number of benzene rings is 7. The van der Waals surface area contributed by atoms with Gasteiger partial charge in [0, 0.05) is 17.1 Å². The third-order valence-corrected chi connectivity index (χ3v) is 18.3. The molecule has 0 spiro atoms. The van der Waals surface area contributed by atoms with E-state index in [1.54, 1.807) is 0 Å². The summed E-state index contributed by atoms with van der Waals surface area (Å²) in [5, 5.41) is 10.7. The molecule has 0 radical (unpaired) electrons. The summed E-state index contributed by atoms with van der Waals surface area (Å²) in [5.74, 6) is 2.09. The molecule has 4 saturated carbocycles. The third-order valence-electron chi connectivity index (χ3n) is 18.3. The quantitative estimate of drug-likeness (QED) is 0.108. The Balaban J connectivity index is 0.00000609. The average molecular weight is 1210 g/mol. The molecule has 6 aliphatic rings. The molecule has 13 rings (SSSR count). The van der Waals surface area contributed by atoms with Gasteiger partial charge >= 0.3 is 21.1 Å². The van der Waals surface area contributed by atoms with E-state index in [2.05, 4.69) is 203 Å². The molecule has 0 N–H and O–H groups in total. The zero-order valence-electron chi connectivity index (χ0n) is 45.4. The minimum absolute atomic E-state index is 0. The fourth-order valence-corrected chi connectivity index (χ4v) is 14.5. The number of rotatable bonds is 13. The second kappa shape index (κ2) is 24.4. The molecule has 2 atom stereocenters. The van der Waals surface area contributed by atoms with Gasteiger partial charge in [-0.25, -0.2) is 0 Å². The van der Waals surface area contributed by atoms with Crippen LogP contribution in [0.2, 0.25) is 0 Å². The van der Waals surface area contributed by atoms with Crippen molar-refractivity contribution in [2.24, 2.45) is 0 Å². The molecule has 2 heterocycles. The molecular weight excluding hydrogens is 1130 g/mol. The molecular formula is C72H75N5Pt. The van der Waals surface area contributed by atoms with Gasteiger partial charge in [0.05, 0.1) is 0 Å². The van der Waals surface area contributed by atoms with Crippen molar-refractivity contribution in [1.29, 1.82) is 0 Å². The zero-order chi connectivity index (χ0) is 51.3. The predicted octanol–water partition coefficient (Wildman–Crippen LogP) is 21.0. The Morgan fingerprint density at radius 2 is 0.692 bits per heavy atom. The number of para-hydroxylation sites is 1. The summed E-state index contributed by atoms with van der Waals surface area (Å²) < 4.78 is 0. The van der Waals surface area contributed by atoms with Gasteiger partial charge in [-0.1, -0.05) is 167 Å². The SMILES string of the molecule is [Pt+4].[c-]1c(C2[N-]C=CN2c2c(C3CCCCC3)cc(-c3ccccc3)cc2C2CCCCC2)cccc1N(c1[c-]c(C2[N-]C=CN2c2c(C3CCCCC3)cc(-c3ccccc3)cc2C2CCCCC2)ccc1)c1ccccc1. The first-order valence-electron chi connectivity index (χ1n) is 29.9. The smallest absolute Gasteiger partial charge is 0.668 e. The summed E-state index contributed by atoms with van der Waals surface area (Å²) in [5.41, 5.74) is 19.3. The summed E-state index contributed by atoms with van der Waals surface area (Å²) >= 11 is 0. The van der Waals surface area contributed by atoms with E-state index in [0.717, 1.165) is 28.2 Å². The van der Waals surface area contributed by atoms with Crippen molar-refractivity contribution in [2.45, 2.75) is 164 Å². The van der Waals surface area contributed by atoms with Crippen molar-refractivity contribution < 1.29 is 21.1 Å². The summed E-state index contributed by atoms with van der Waals surface area (Å²) in [6, 6.07) is 64.8. The average Bonchev–Trinajstić information content (AvgIpc) is 4.24. The van der Waals surface area contributed by atoms with Crippen LogP contribution in [0, 0.1) is 12.1 Å². The first kappa shape index (κ1) is 52.4. The summed E-state index contributed by atoms with van der Waals surface area (Å²) in [4.78, 5) is 7.42. The molecule has 0 aromatic heterocycles. The molecule has 4 fully saturated rings. The monoisotopic (exact) mass is 1200 g/mol. The molecule has 2 unspecified atom stereocenters. The third kappa shape index (κ3) is 10.9. The van der Waals surface area contributed by atoms with Crippen LogP contribution in [0.5, 0.6) is 0 Å². The molecule has 6 heteroatoms. The molecule has 5 nitrogen and oxygen atoms in total. The number of anilines is 5. The number of hydrogen-bond acceptors (Lipinski definition) is 3. The van der Waals surface area contributed by atoms with Crippen molar-refractivity contribution in [2.75, 3.05) is 14.7 Å². The van der Waals surface area contributed by atoms with Crippen LogP contribution >= 0.6 is 0 Å². The molecule has 7 aromatic carbocycles. The van der Waals surface area contributed by atoms with Gasteiger partial charge in [-0.2, -0.15) is 59.9 Å². The molecule has 78 heavy (non-hydrogen) atoms. The van der Waals surface area contributed by atoms with Crippen LogP contribution in [0.4, 0.5) is 28.4 Å². The normalized spacial score (nSPS) is 20.3. The van der Waals surface area contributed by atoms with E-state index in [0.29, 0.717) is 23.7 Å². The van der Waals surface area contributed by atoms with E-state index in [-0.39, 0.29) is 33.4 Å². The van der Waals surface area contributed by atoms with Gasteiger partial charge in [0.15, 0.2) is 0 Å². The van der Waals surface area contributed by atoms with E-state index in [1.165, 1.54) is 184 Å². The van der Waals surface area contributed by atoms with E-state index >= 15 is 0 Å². The topological polar surface area (TPSA) is 37.9 Å². The Morgan fingerprint density at radius 1 is 0.359 bits per heavy atom. The van der Waals surface area contributed by atoms with E-state index in [9.17, 15) is 0 Å². The Hall–Kier alpha value is -6.29. The maximum absolute atomic E-state index is 5.33. The zero-order valence-corrected chi connectivity index (χ0v) is 47.7. The molecule has 0 bridgehead atoms.